The van der Waals surface area contributed by atoms with Gasteiger partial charge in [0.2, 0.25) is 0 Å². The van der Waals surface area contributed by atoms with Gasteiger partial charge < -0.3 is 5.11 Å². The smallest absolute Gasteiger partial charge is 0.323 e. The molecule has 0 radical (unpaired) electrons. The van der Waals surface area contributed by atoms with E-state index < -0.39 is 11.5 Å². The van der Waals surface area contributed by atoms with Crippen LogP contribution in [-0.4, -0.2) is 28.1 Å². The summed E-state index contributed by atoms with van der Waals surface area (Å²) in [6, 6.07) is 4.23. The third kappa shape index (κ3) is 3.30. The zero-order valence-corrected chi connectivity index (χ0v) is 11.8. The molecule has 0 aliphatic carbocycles. The first-order valence-electron chi connectivity index (χ1n) is 5.97. The summed E-state index contributed by atoms with van der Waals surface area (Å²) < 4.78 is 0. The van der Waals surface area contributed by atoms with Gasteiger partial charge in [0.1, 0.15) is 5.54 Å². The highest BCUT2D eigenvalue weighted by Crippen LogP contribution is 2.23. The molecule has 0 bridgehead atoms. The molecule has 0 amide bonds. The molecule has 0 aliphatic heterocycles. The standard InChI is InChI=1S/C13H21NO2S/c1-5-10-7-8-11(17-10)9-14(6-2)13(3,4)12(15)16/h7-8H,5-6,9H2,1-4H3,(H,15,16). The lowest BCUT2D eigenvalue weighted by atomic mass is 10.0. The van der Waals surface area contributed by atoms with Crippen molar-refractivity contribution in [2.24, 2.45) is 0 Å². The second-order valence-corrected chi connectivity index (χ2v) is 5.85. The molecule has 0 saturated carbocycles. The third-order valence-corrected chi connectivity index (χ3v) is 4.32. The van der Waals surface area contributed by atoms with E-state index in [0.717, 1.165) is 13.0 Å². The van der Waals surface area contributed by atoms with Gasteiger partial charge in [-0.1, -0.05) is 13.8 Å². The number of carboxylic acid groups (broad SMARTS) is 1. The number of hydrogen-bond acceptors (Lipinski definition) is 3. The lowest BCUT2D eigenvalue weighted by molar-refractivity contribution is -0.149. The number of nitrogens with zero attached hydrogens (tertiary/aromatic N) is 1. The van der Waals surface area contributed by atoms with Crippen molar-refractivity contribution < 1.29 is 9.90 Å². The fourth-order valence-electron chi connectivity index (χ4n) is 1.73. The van der Waals surface area contributed by atoms with Crippen LogP contribution in [0.3, 0.4) is 0 Å². The highest BCUT2D eigenvalue weighted by molar-refractivity contribution is 7.11. The molecule has 0 unspecified atom stereocenters. The summed E-state index contributed by atoms with van der Waals surface area (Å²) >= 11 is 1.77. The molecular weight excluding hydrogens is 234 g/mol. The van der Waals surface area contributed by atoms with Crippen LogP contribution in [0.25, 0.3) is 0 Å². The summed E-state index contributed by atoms with van der Waals surface area (Å²) in [5.41, 5.74) is -0.814. The minimum Gasteiger partial charge on any atom is -0.480 e. The van der Waals surface area contributed by atoms with Gasteiger partial charge >= 0.3 is 5.97 Å². The monoisotopic (exact) mass is 255 g/mol. The van der Waals surface area contributed by atoms with E-state index in [0.29, 0.717) is 6.54 Å². The zero-order valence-electron chi connectivity index (χ0n) is 11.0. The van der Waals surface area contributed by atoms with Crippen molar-refractivity contribution in [2.45, 2.75) is 46.2 Å². The number of thiophene rings is 1. The summed E-state index contributed by atoms with van der Waals surface area (Å²) in [5, 5.41) is 9.23. The molecular formula is C13H21NO2S. The number of likely N-dealkylation sites (N-methyl/N-ethyl adjacent to an activating group) is 1. The van der Waals surface area contributed by atoms with Crippen molar-refractivity contribution in [1.82, 2.24) is 4.90 Å². The molecule has 0 aliphatic rings. The molecule has 3 nitrogen and oxygen atoms in total. The lowest BCUT2D eigenvalue weighted by Crippen LogP contribution is -2.49. The van der Waals surface area contributed by atoms with E-state index in [-0.39, 0.29) is 0 Å². The third-order valence-electron chi connectivity index (χ3n) is 3.11. The van der Waals surface area contributed by atoms with E-state index >= 15 is 0 Å². The van der Waals surface area contributed by atoms with Gasteiger partial charge in [0.15, 0.2) is 0 Å². The molecule has 17 heavy (non-hydrogen) atoms. The fraction of sp³-hybridized carbons (Fsp3) is 0.615. The molecule has 1 aromatic heterocycles. The summed E-state index contributed by atoms with van der Waals surface area (Å²) in [6.45, 7) is 9.09. The first kappa shape index (κ1) is 14.2. The predicted molar refractivity (Wildman–Crippen MR) is 71.5 cm³/mol. The Balaban J connectivity index is 2.79. The lowest BCUT2D eigenvalue weighted by Gasteiger charge is -2.33. The van der Waals surface area contributed by atoms with Gasteiger partial charge in [0.05, 0.1) is 0 Å². The van der Waals surface area contributed by atoms with E-state index in [1.165, 1.54) is 9.75 Å². The highest BCUT2D eigenvalue weighted by Gasteiger charge is 2.33. The van der Waals surface area contributed by atoms with E-state index in [1.807, 2.05) is 11.8 Å². The molecule has 0 aromatic carbocycles. The number of aliphatic carboxylic acids is 1. The van der Waals surface area contributed by atoms with Crippen molar-refractivity contribution in [2.75, 3.05) is 6.54 Å². The second kappa shape index (κ2) is 5.65. The molecule has 1 rings (SSSR count). The van der Waals surface area contributed by atoms with E-state index in [1.54, 1.807) is 25.2 Å². The number of rotatable bonds is 6. The van der Waals surface area contributed by atoms with E-state index in [4.69, 9.17) is 0 Å². The maximum Gasteiger partial charge on any atom is 0.323 e. The van der Waals surface area contributed by atoms with Crippen molar-refractivity contribution in [1.29, 1.82) is 0 Å². The Morgan fingerprint density at radius 2 is 1.94 bits per heavy atom. The van der Waals surface area contributed by atoms with Crippen molar-refractivity contribution >= 4 is 17.3 Å². The second-order valence-electron chi connectivity index (χ2n) is 4.60. The fourth-order valence-corrected chi connectivity index (χ4v) is 2.70. The molecule has 0 fully saturated rings. The highest BCUT2D eigenvalue weighted by atomic mass is 32.1. The van der Waals surface area contributed by atoms with Gasteiger partial charge in [-0.15, -0.1) is 11.3 Å². The van der Waals surface area contributed by atoms with Crippen molar-refractivity contribution in [3.63, 3.8) is 0 Å². The average molecular weight is 255 g/mol. The van der Waals surface area contributed by atoms with Crippen LogP contribution in [-0.2, 0) is 17.8 Å². The van der Waals surface area contributed by atoms with Crippen LogP contribution in [0.4, 0.5) is 0 Å². The molecule has 4 heteroatoms. The molecule has 1 aromatic rings. The van der Waals surface area contributed by atoms with Crippen molar-refractivity contribution in [3.8, 4) is 0 Å². The Kier molecular flexibility index (Phi) is 4.71. The van der Waals surface area contributed by atoms with Crippen LogP contribution in [0.1, 0.15) is 37.4 Å². The molecule has 0 saturated heterocycles. The van der Waals surface area contributed by atoms with Gasteiger partial charge in [0, 0.05) is 16.3 Å². The summed E-state index contributed by atoms with van der Waals surface area (Å²) in [5.74, 6) is -0.772. The Morgan fingerprint density at radius 1 is 1.35 bits per heavy atom. The molecule has 0 spiro atoms. The van der Waals surface area contributed by atoms with E-state index in [9.17, 15) is 9.90 Å². The summed E-state index contributed by atoms with van der Waals surface area (Å²) in [7, 11) is 0. The average Bonchev–Trinajstić information content (AvgIpc) is 2.73. The van der Waals surface area contributed by atoms with Gasteiger partial charge in [-0.05, 0) is 38.9 Å². The largest absolute Gasteiger partial charge is 0.480 e. The van der Waals surface area contributed by atoms with Crippen LogP contribution in [0, 0.1) is 0 Å². The van der Waals surface area contributed by atoms with Gasteiger partial charge in [-0.2, -0.15) is 0 Å². The zero-order chi connectivity index (χ0) is 13.1. The normalized spacial score (nSPS) is 12.1. The Morgan fingerprint density at radius 3 is 2.35 bits per heavy atom. The van der Waals surface area contributed by atoms with Crippen LogP contribution in [0.5, 0.6) is 0 Å². The molecule has 96 valence electrons. The minimum atomic E-state index is -0.814. The predicted octanol–water partition coefficient (Wildman–Crippen LogP) is 3.00. The first-order valence-corrected chi connectivity index (χ1v) is 6.79. The number of carboxylic acids is 1. The Hall–Kier alpha value is -0.870. The van der Waals surface area contributed by atoms with Crippen LogP contribution in [0.15, 0.2) is 12.1 Å². The molecule has 1 N–H and O–H groups in total. The maximum absolute atomic E-state index is 11.2. The number of hydrogen-bond donors (Lipinski definition) is 1. The molecule has 1 heterocycles. The SMILES string of the molecule is CCc1ccc(CN(CC)C(C)(C)C(=O)O)s1. The first-order chi connectivity index (χ1) is 7.91. The van der Waals surface area contributed by atoms with Gasteiger partial charge in [-0.25, -0.2) is 0 Å². The molecule has 0 atom stereocenters. The number of carbonyl (C=O) groups is 1. The summed E-state index contributed by atoms with van der Waals surface area (Å²) in [6.07, 6.45) is 1.04. The van der Waals surface area contributed by atoms with Crippen LogP contribution in [0.2, 0.25) is 0 Å². The van der Waals surface area contributed by atoms with Gasteiger partial charge in [-0.3, -0.25) is 9.69 Å². The summed E-state index contributed by atoms with van der Waals surface area (Å²) in [4.78, 5) is 15.8. The Bertz CT molecular complexity index is 385. The quantitative estimate of drug-likeness (QED) is 0.849. The van der Waals surface area contributed by atoms with Crippen molar-refractivity contribution in [3.05, 3.63) is 21.9 Å². The van der Waals surface area contributed by atoms with E-state index in [2.05, 4.69) is 19.1 Å². The maximum atomic E-state index is 11.2. The topological polar surface area (TPSA) is 40.5 Å². The minimum absolute atomic E-state index is 0.709. The van der Waals surface area contributed by atoms with Crippen LogP contribution >= 0.6 is 11.3 Å². The van der Waals surface area contributed by atoms with Gasteiger partial charge in [0.25, 0.3) is 0 Å². The Labute approximate surface area is 107 Å². The van der Waals surface area contributed by atoms with Crippen LogP contribution < -0.4 is 0 Å². The number of aryl methyl sites for hydroxylation is 1.